The Hall–Kier alpha value is -3.81. The predicted octanol–water partition coefficient (Wildman–Crippen LogP) is 3.95. The van der Waals surface area contributed by atoms with Gasteiger partial charge in [-0.05, 0) is 24.1 Å². The number of hydrogen-bond acceptors (Lipinski definition) is 6. The van der Waals surface area contributed by atoms with Gasteiger partial charge in [-0.3, -0.25) is 14.9 Å². The maximum absolute atomic E-state index is 12.6. The summed E-state index contributed by atoms with van der Waals surface area (Å²) in [5.74, 6) is 1.70. The second kappa shape index (κ2) is 9.80. The Bertz CT molecular complexity index is 1020. The van der Waals surface area contributed by atoms with Crippen molar-refractivity contribution in [2.45, 2.75) is 6.42 Å². The number of amides is 1. The first-order valence-corrected chi connectivity index (χ1v) is 9.68. The van der Waals surface area contributed by atoms with Crippen LogP contribution < -0.4 is 14.2 Å². The van der Waals surface area contributed by atoms with Crippen LogP contribution in [0.4, 0.5) is 5.69 Å². The average Bonchev–Trinajstić information content (AvgIpc) is 2.81. The molecule has 2 aromatic carbocycles. The van der Waals surface area contributed by atoms with Gasteiger partial charge in [0, 0.05) is 37.4 Å². The van der Waals surface area contributed by atoms with E-state index in [0.717, 1.165) is 11.1 Å². The molecule has 31 heavy (non-hydrogen) atoms. The molecule has 0 spiro atoms. The van der Waals surface area contributed by atoms with Crippen LogP contribution in [0.3, 0.4) is 0 Å². The minimum Gasteiger partial charge on any atom is -0.496 e. The first-order valence-electron chi connectivity index (χ1n) is 9.68. The third-order valence-electron chi connectivity index (χ3n) is 5.10. The molecule has 0 saturated carbocycles. The van der Waals surface area contributed by atoms with Crippen LogP contribution in [0.25, 0.3) is 11.6 Å². The summed E-state index contributed by atoms with van der Waals surface area (Å²) in [6.07, 6.45) is 5.43. The lowest BCUT2D eigenvalue weighted by atomic mass is 9.97. The molecule has 162 valence electrons. The molecule has 3 rings (SSSR count). The molecule has 0 N–H and O–H groups in total. The molecular formula is C23H24N2O6. The summed E-state index contributed by atoms with van der Waals surface area (Å²) in [6, 6.07) is 9.91. The van der Waals surface area contributed by atoms with Crippen LogP contribution in [0.1, 0.15) is 17.5 Å². The van der Waals surface area contributed by atoms with Gasteiger partial charge in [0.25, 0.3) is 5.69 Å². The SMILES string of the molecule is COc1cc(OC)c(C2=CCN(C(=O)C=Cc3ccccc3[N+](=O)[O-])CC2)c(OC)c1. The highest BCUT2D eigenvalue weighted by atomic mass is 16.6. The molecule has 8 heteroatoms. The fourth-order valence-electron chi connectivity index (χ4n) is 3.48. The molecule has 0 fully saturated rings. The van der Waals surface area contributed by atoms with E-state index in [-0.39, 0.29) is 11.6 Å². The first kappa shape index (κ1) is 21.9. The van der Waals surface area contributed by atoms with E-state index in [9.17, 15) is 14.9 Å². The lowest BCUT2D eigenvalue weighted by Gasteiger charge is -2.27. The second-order valence-corrected chi connectivity index (χ2v) is 6.82. The summed E-state index contributed by atoms with van der Waals surface area (Å²) in [4.78, 5) is 24.9. The molecule has 2 aromatic rings. The number of hydrogen-bond donors (Lipinski definition) is 0. The van der Waals surface area contributed by atoms with E-state index in [1.165, 1.54) is 18.2 Å². The summed E-state index contributed by atoms with van der Waals surface area (Å²) in [5, 5.41) is 11.1. The summed E-state index contributed by atoms with van der Waals surface area (Å²) in [7, 11) is 4.75. The van der Waals surface area contributed by atoms with Gasteiger partial charge in [-0.25, -0.2) is 0 Å². The van der Waals surface area contributed by atoms with Crippen molar-refractivity contribution in [2.75, 3.05) is 34.4 Å². The second-order valence-electron chi connectivity index (χ2n) is 6.82. The number of methoxy groups -OCH3 is 3. The zero-order valence-corrected chi connectivity index (χ0v) is 17.7. The highest BCUT2D eigenvalue weighted by Crippen LogP contribution is 2.40. The van der Waals surface area contributed by atoms with Crippen molar-refractivity contribution in [3.8, 4) is 17.2 Å². The summed E-state index contributed by atoms with van der Waals surface area (Å²) < 4.78 is 16.4. The number of nitro groups is 1. The number of nitrogens with zero attached hydrogens (tertiary/aromatic N) is 2. The lowest BCUT2D eigenvalue weighted by Crippen LogP contribution is -2.33. The van der Waals surface area contributed by atoms with Gasteiger partial charge in [0.05, 0.1) is 37.4 Å². The number of carbonyl (C=O) groups excluding carboxylic acids is 1. The zero-order valence-electron chi connectivity index (χ0n) is 17.7. The number of para-hydroxylation sites is 1. The van der Waals surface area contributed by atoms with Gasteiger partial charge < -0.3 is 19.1 Å². The molecule has 1 amide bonds. The van der Waals surface area contributed by atoms with Gasteiger partial charge in [-0.15, -0.1) is 0 Å². The predicted molar refractivity (Wildman–Crippen MR) is 117 cm³/mol. The number of carbonyl (C=O) groups is 1. The minimum atomic E-state index is -0.463. The van der Waals surface area contributed by atoms with Gasteiger partial charge >= 0.3 is 0 Å². The number of rotatable bonds is 7. The fourth-order valence-corrected chi connectivity index (χ4v) is 3.48. The van der Waals surface area contributed by atoms with Crippen LogP contribution in [0.2, 0.25) is 0 Å². The van der Waals surface area contributed by atoms with Crippen LogP contribution in [0.15, 0.2) is 48.6 Å². The van der Waals surface area contributed by atoms with Gasteiger partial charge in [-0.1, -0.05) is 18.2 Å². The van der Waals surface area contributed by atoms with Crippen molar-refractivity contribution >= 4 is 23.2 Å². The largest absolute Gasteiger partial charge is 0.496 e. The molecule has 1 heterocycles. The van der Waals surface area contributed by atoms with E-state index in [4.69, 9.17) is 14.2 Å². The first-order chi connectivity index (χ1) is 15.0. The van der Waals surface area contributed by atoms with Gasteiger partial charge in [0.1, 0.15) is 17.2 Å². The van der Waals surface area contributed by atoms with Crippen LogP contribution in [0.5, 0.6) is 17.2 Å². The third-order valence-corrected chi connectivity index (χ3v) is 5.10. The molecule has 0 bridgehead atoms. The van der Waals surface area contributed by atoms with Crippen molar-refractivity contribution in [1.82, 2.24) is 4.90 Å². The summed E-state index contributed by atoms with van der Waals surface area (Å²) in [6.45, 7) is 0.915. The Morgan fingerprint density at radius 2 is 1.77 bits per heavy atom. The highest BCUT2D eigenvalue weighted by molar-refractivity contribution is 5.93. The smallest absolute Gasteiger partial charge is 0.276 e. The normalized spacial score (nSPS) is 13.6. The molecular weight excluding hydrogens is 400 g/mol. The van der Waals surface area contributed by atoms with Crippen LogP contribution in [-0.4, -0.2) is 50.1 Å². The Kier molecular flexibility index (Phi) is 6.92. The lowest BCUT2D eigenvalue weighted by molar-refractivity contribution is -0.385. The molecule has 0 aliphatic carbocycles. The van der Waals surface area contributed by atoms with Gasteiger partial charge in [0.2, 0.25) is 5.91 Å². The fraction of sp³-hybridized carbons (Fsp3) is 0.261. The molecule has 0 saturated heterocycles. The van der Waals surface area contributed by atoms with E-state index in [1.54, 1.807) is 56.6 Å². The maximum Gasteiger partial charge on any atom is 0.276 e. The van der Waals surface area contributed by atoms with Gasteiger partial charge in [0.15, 0.2) is 0 Å². The topological polar surface area (TPSA) is 91.1 Å². The molecule has 0 aromatic heterocycles. The van der Waals surface area contributed by atoms with Crippen molar-refractivity contribution in [3.63, 3.8) is 0 Å². The average molecular weight is 424 g/mol. The number of ether oxygens (including phenoxy) is 3. The molecule has 8 nitrogen and oxygen atoms in total. The standard InChI is InChI=1S/C23H24N2O6/c1-29-18-14-20(30-2)23(21(15-18)31-3)17-10-12-24(13-11-17)22(26)9-8-16-6-4-5-7-19(16)25(27)28/h4-10,14-15H,11-13H2,1-3H3. The quantitative estimate of drug-likeness (QED) is 0.380. The molecule has 0 atom stereocenters. The van der Waals surface area contributed by atoms with E-state index >= 15 is 0 Å². The van der Waals surface area contributed by atoms with Crippen LogP contribution in [-0.2, 0) is 4.79 Å². The monoisotopic (exact) mass is 424 g/mol. The van der Waals surface area contributed by atoms with Gasteiger partial charge in [-0.2, -0.15) is 0 Å². The third kappa shape index (κ3) is 4.85. The van der Waals surface area contributed by atoms with Crippen molar-refractivity contribution in [1.29, 1.82) is 0 Å². The summed E-state index contributed by atoms with van der Waals surface area (Å²) >= 11 is 0. The minimum absolute atomic E-state index is 0.0360. The molecule has 0 radical (unpaired) electrons. The number of nitro benzene ring substituents is 1. The Morgan fingerprint density at radius 1 is 1.10 bits per heavy atom. The summed E-state index contributed by atoms with van der Waals surface area (Å²) in [5.41, 5.74) is 2.21. The zero-order chi connectivity index (χ0) is 22.4. The molecule has 0 unspecified atom stereocenters. The van der Waals surface area contributed by atoms with E-state index in [1.807, 2.05) is 6.08 Å². The number of benzene rings is 2. The Balaban J connectivity index is 1.78. The Labute approximate surface area is 180 Å². The van der Waals surface area contributed by atoms with Crippen molar-refractivity contribution in [3.05, 3.63) is 69.8 Å². The Morgan fingerprint density at radius 3 is 2.32 bits per heavy atom. The highest BCUT2D eigenvalue weighted by Gasteiger charge is 2.22. The molecule has 1 aliphatic rings. The molecule has 1 aliphatic heterocycles. The van der Waals surface area contributed by atoms with Crippen molar-refractivity contribution < 1.29 is 23.9 Å². The maximum atomic E-state index is 12.6. The van der Waals surface area contributed by atoms with E-state index in [0.29, 0.717) is 42.3 Å². The van der Waals surface area contributed by atoms with E-state index < -0.39 is 4.92 Å². The van der Waals surface area contributed by atoms with E-state index in [2.05, 4.69) is 0 Å². The van der Waals surface area contributed by atoms with Crippen LogP contribution >= 0.6 is 0 Å². The van der Waals surface area contributed by atoms with Crippen molar-refractivity contribution in [2.24, 2.45) is 0 Å². The van der Waals surface area contributed by atoms with Crippen LogP contribution in [0, 0.1) is 10.1 Å².